The van der Waals surface area contributed by atoms with Crippen LogP contribution in [0.25, 0.3) is 0 Å². The van der Waals surface area contributed by atoms with Gasteiger partial charge in [0, 0.05) is 5.56 Å². The second-order valence-corrected chi connectivity index (χ2v) is 4.32. The van der Waals surface area contributed by atoms with Crippen molar-refractivity contribution in [3.63, 3.8) is 0 Å². The first-order chi connectivity index (χ1) is 9.04. The molecule has 0 bridgehead atoms. The van der Waals surface area contributed by atoms with Gasteiger partial charge in [-0.1, -0.05) is 23.7 Å². The van der Waals surface area contributed by atoms with Gasteiger partial charge in [-0.3, -0.25) is 5.84 Å². The fourth-order valence-electron chi connectivity index (χ4n) is 1.82. The van der Waals surface area contributed by atoms with Gasteiger partial charge in [0.1, 0.15) is 17.5 Å². The molecule has 2 aromatic carbocycles. The second kappa shape index (κ2) is 5.61. The van der Waals surface area contributed by atoms with Crippen molar-refractivity contribution in [1.29, 1.82) is 0 Å². The standard InChI is InChI=1S/C13H10ClF3N2/c14-8-5-4-7(6-11(8)17)13(19-18)12-9(15)2-1-3-10(12)16/h1-6,13,19H,18H2. The van der Waals surface area contributed by atoms with E-state index >= 15 is 0 Å². The lowest BCUT2D eigenvalue weighted by Gasteiger charge is -2.18. The zero-order valence-electron chi connectivity index (χ0n) is 9.63. The van der Waals surface area contributed by atoms with E-state index in [1.54, 1.807) is 0 Å². The summed E-state index contributed by atoms with van der Waals surface area (Å²) < 4.78 is 40.8. The van der Waals surface area contributed by atoms with E-state index in [9.17, 15) is 13.2 Å². The Hall–Kier alpha value is -1.56. The molecule has 2 aromatic rings. The summed E-state index contributed by atoms with van der Waals surface area (Å²) in [4.78, 5) is 0. The molecule has 3 N–H and O–H groups in total. The Morgan fingerprint density at radius 2 is 1.63 bits per heavy atom. The topological polar surface area (TPSA) is 38.0 Å². The van der Waals surface area contributed by atoms with E-state index in [0.717, 1.165) is 18.2 Å². The molecule has 1 unspecified atom stereocenters. The summed E-state index contributed by atoms with van der Waals surface area (Å²) in [6.45, 7) is 0. The summed E-state index contributed by atoms with van der Waals surface area (Å²) in [5.74, 6) is 3.11. The van der Waals surface area contributed by atoms with E-state index in [-0.39, 0.29) is 16.1 Å². The summed E-state index contributed by atoms with van der Waals surface area (Å²) >= 11 is 5.56. The first-order valence-corrected chi connectivity index (χ1v) is 5.77. The van der Waals surface area contributed by atoms with Gasteiger partial charge in [-0.2, -0.15) is 0 Å². The molecule has 0 aromatic heterocycles. The average Bonchev–Trinajstić information content (AvgIpc) is 2.37. The number of nitrogens with two attached hydrogens (primary N) is 1. The normalized spacial score (nSPS) is 12.5. The van der Waals surface area contributed by atoms with Crippen molar-refractivity contribution in [3.8, 4) is 0 Å². The van der Waals surface area contributed by atoms with Gasteiger partial charge in [-0.25, -0.2) is 18.6 Å². The molecule has 6 heteroatoms. The van der Waals surface area contributed by atoms with E-state index in [4.69, 9.17) is 17.4 Å². The Morgan fingerprint density at radius 1 is 1.00 bits per heavy atom. The van der Waals surface area contributed by atoms with Gasteiger partial charge in [-0.15, -0.1) is 0 Å². The Bertz CT molecular complexity index is 584. The third-order valence-corrected chi connectivity index (χ3v) is 3.04. The Labute approximate surface area is 113 Å². The SMILES string of the molecule is NNC(c1ccc(Cl)c(F)c1)c1c(F)cccc1F. The van der Waals surface area contributed by atoms with Crippen LogP contribution in [0.5, 0.6) is 0 Å². The molecule has 0 aliphatic heterocycles. The Kier molecular flexibility index (Phi) is 4.09. The zero-order valence-corrected chi connectivity index (χ0v) is 10.4. The maximum absolute atomic E-state index is 13.7. The van der Waals surface area contributed by atoms with Crippen LogP contribution < -0.4 is 11.3 Å². The minimum Gasteiger partial charge on any atom is -0.271 e. The van der Waals surface area contributed by atoms with Gasteiger partial charge in [-0.05, 0) is 29.8 Å². The van der Waals surface area contributed by atoms with Gasteiger partial charge >= 0.3 is 0 Å². The summed E-state index contributed by atoms with van der Waals surface area (Å²) in [7, 11) is 0. The molecule has 100 valence electrons. The van der Waals surface area contributed by atoms with E-state index in [1.807, 2.05) is 0 Å². The molecule has 1 atom stereocenters. The third-order valence-electron chi connectivity index (χ3n) is 2.73. The monoisotopic (exact) mass is 286 g/mol. The lowest BCUT2D eigenvalue weighted by atomic mass is 9.98. The number of hydrogen-bond donors (Lipinski definition) is 2. The highest BCUT2D eigenvalue weighted by molar-refractivity contribution is 6.30. The van der Waals surface area contributed by atoms with Crippen molar-refractivity contribution < 1.29 is 13.2 Å². The quantitative estimate of drug-likeness (QED) is 0.671. The second-order valence-electron chi connectivity index (χ2n) is 3.91. The van der Waals surface area contributed by atoms with Crippen LogP contribution >= 0.6 is 11.6 Å². The molecule has 0 saturated carbocycles. The highest BCUT2D eigenvalue weighted by Crippen LogP contribution is 2.28. The molecule has 19 heavy (non-hydrogen) atoms. The average molecular weight is 287 g/mol. The van der Waals surface area contributed by atoms with Crippen LogP contribution in [0.15, 0.2) is 36.4 Å². The highest BCUT2D eigenvalue weighted by Gasteiger charge is 2.21. The van der Waals surface area contributed by atoms with Crippen molar-refractivity contribution >= 4 is 11.6 Å². The minimum absolute atomic E-state index is 0.0754. The molecule has 0 aliphatic rings. The maximum Gasteiger partial charge on any atom is 0.142 e. The van der Waals surface area contributed by atoms with Crippen LogP contribution in [0, 0.1) is 17.5 Å². The van der Waals surface area contributed by atoms with Crippen molar-refractivity contribution in [2.45, 2.75) is 6.04 Å². The van der Waals surface area contributed by atoms with Gasteiger partial charge in [0.15, 0.2) is 0 Å². The molecule has 0 spiro atoms. The molecule has 0 saturated heterocycles. The van der Waals surface area contributed by atoms with E-state index < -0.39 is 23.5 Å². The molecule has 0 radical (unpaired) electrons. The van der Waals surface area contributed by atoms with Crippen molar-refractivity contribution in [2.24, 2.45) is 5.84 Å². The van der Waals surface area contributed by atoms with E-state index in [1.165, 1.54) is 18.2 Å². The summed E-state index contributed by atoms with van der Waals surface area (Å²) in [5.41, 5.74) is 2.27. The Balaban J connectivity index is 2.53. The summed E-state index contributed by atoms with van der Waals surface area (Å²) in [5, 5.41) is -0.0754. The third kappa shape index (κ3) is 2.73. The zero-order chi connectivity index (χ0) is 14.0. The van der Waals surface area contributed by atoms with Crippen molar-refractivity contribution in [1.82, 2.24) is 5.43 Å². The number of rotatable bonds is 3. The Morgan fingerprint density at radius 3 is 2.16 bits per heavy atom. The predicted molar refractivity (Wildman–Crippen MR) is 66.9 cm³/mol. The van der Waals surface area contributed by atoms with Gasteiger partial charge in [0.2, 0.25) is 0 Å². The van der Waals surface area contributed by atoms with Crippen LogP contribution in [-0.4, -0.2) is 0 Å². The van der Waals surface area contributed by atoms with Crippen LogP contribution in [0.2, 0.25) is 5.02 Å². The van der Waals surface area contributed by atoms with Crippen LogP contribution in [-0.2, 0) is 0 Å². The fraction of sp³-hybridized carbons (Fsp3) is 0.0769. The molecule has 0 heterocycles. The largest absolute Gasteiger partial charge is 0.271 e. The van der Waals surface area contributed by atoms with E-state index in [0.29, 0.717) is 0 Å². The lowest BCUT2D eigenvalue weighted by molar-refractivity contribution is 0.508. The number of hydrazine groups is 1. The lowest BCUT2D eigenvalue weighted by Crippen LogP contribution is -2.30. The summed E-state index contributed by atoms with van der Waals surface area (Å²) in [6.07, 6.45) is 0. The molecule has 2 nitrogen and oxygen atoms in total. The number of benzene rings is 2. The molecule has 0 fully saturated rings. The number of hydrogen-bond acceptors (Lipinski definition) is 2. The van der Waals surface area contributed by atoms with Crippen LogP contribution in [0.3, 0.4) is 0 Å². The highest BCUT2D eigenvalue weighted by atomic mass is 35.5. The van der Waals surface area contributed by atoms with Gasteiger partial charge < -0.3 is 0 Å². The number of halogens is 4. The van der Waals surface area contributed by atoms with Crippen LogP contribution in [0.1, 0.15) is 17.2 Å². The van der Waals surface area contributed by atoms with Crippen LogP contribution in [0.4, 0.5) is 13.2 Å². The smallest absolute Gasteiger partial charge is 0.142 e. The first-order valence-electron chi connectivity index (χ1n) is 5.39. The first kappa shape index (κ1) is 13.9. The van der Waals surface area contributed by atoms with Crippen molar-refractivity contribution in [3.05, 3.63) is 70.0 Å². The van der Waals surface area contributed by atoms with Gasteiger partial charge in [0.25, 0.3) is 0 Å². The summed E-state index contributed by atoms with van der Waals surface area (Å²) in [6, 6.07) is 6.28. The van der Waals surface area contributed by atoms with Gasteiger partial charge in [0.05, 0.1) is 11.1 Å². The molecular weight excluding hydrogens is 277 g/mol. The maximum atomic E-state index is 13.7. The molecule has 0 aliphatic carbocycles. The molecule has 2 rings (SSSR count). The molecule has 0 amide bonds. The number of nitrogens with one attached hydrogen (secondary N) is 1. The van der Waals surface area contributed by atoms with Crippen molar-refractivity contribution in [2.75, 3.05) is 0 Å². The van der Waals surface area contributed by atoms with E-state index in [2.05, 4.69) is 5.43 Å². The fourth-order valence-corrected chi connectivity index (χ4v) is 1.94. The molecular formula is C13H10ClF3N2. The minimum atomic E-state index is -1.01. The predicted octanol–water partition coefficient (Wildman–Crippen LogP) is 3.31.